The van der Waals surface area contributed by atoms with E-state index in [1.807, 2.05) is 16.8 Å². The molecule has 0 bridgehead atoms. The van der Waals surface area contributed by atoms with E-state index < -0.39 is 0 Å². The maximum absolute atomic E-state index is 13.4. The van der Waals surface area contributed by atoms with E-state index in [4.69, 9.17) is 0 Å². The summed E-state index contributed by atoms with van der Waals surface area (Å²) in [4.78, 5) is 6.22. The first-order valence-electron chi connectivity index (χ1n) is 6.85. The van der Waals surface area contributed by atoms with Crippen molar-refractivity contribution in [2.75, 3.05) is 13.1 Å². The number of rotatable bonds is 4. The zero-order valence-electron chi connectivity index (χ0n) is 11.2. The molecule has 0 radical (unpaired) electrons. The monoisotopic (exact) mass is 275 g/mol. The first kappa shape index (κ1) is 13.3. The summed E-state index contributed by atoms with van der Waals surface area (Å²) in [6.07, 6.45) is 5.77. The molecule has 1 aromatic carbocycles. The van der Waals surface area contributed by atoms with Crippen molar-refractivity contribution in [3.05, 3.63) is 54.4 Å². The lowest BCUT2D eigenvalue weighted by Gasteiger charge is -2.24. The van der Waals surface area contributed by atoms with Gasteiger partial charge in [0.25, 0.3) is 0 Å². The molecular weight excluding hydrogens is 257 g/mol. The average molecular weight is 275 g/mol. The van der Waals surface area contributed by atoms with E-state index in [1.165, 1.54) is 6.07 Å². The van der Waals surface area contributed by atoms with Crippen LogP contribution in [0.25, 0.3) is 0 Å². The van der Waals surface area contributed by atoms with Crippen LogP contribution in [0.1, 0.15) is 18.0 Å². The van der Waals surface area contributed by atoms with Crippen LogP contribution in [0, 0.1) is 5.82 Å². The third-order valence-corrected chi connectivity index (χ3v) is 3.82. The fraction of sp³-hybridized carbons (Fsp3) is 0.400. The molecule has 3 rings (SSSR count). The van der Waals surface area contributed by atoms with E-state index in [1.54, 1.807) is 24.7 Å². The van der Waals surface area contributed by atoms with Crippen molar-refractivity contribution in [3.8, 4) is 0 Å². The van der Waals surface area contributed by atoms with E-state index in [-0.39, 0.29) is 18.0 Å². The second-order valence-electron chi connectivity index (χ2n) is 5.26. The lowest BCUT2D eigenvalue weighted by molar-refractivity contribution is 0.173. The molecule has 0 saturated carbocycles. The molecule has 1 aliphatic rings. The number of aromatic nitrogens is 2. The lowest BCUT2D eigenvalue weighted by atomic mass is 10.0. The third kappa shape index (κ3) is 2.89. The maximum atomic E-state index is 13.4. The van der Waals surface area contributed by atoms with Gasteiger partial charge in [-0.15, -0.1) is 0 Å². The van der Waals surface area contributed by atoms with Gasteiger partial charge in [-0.3, -0.25) is 4.90 Å². The van der Waals surface area contributed by atoms with Crippen LogP contribution in [0.2, 0.25) is 0 Å². The second-order valence-corrected chi connectivity index (χ2v) is 5.26. The van der Waals surface area contributed by atoms with E-state index in [2.05, 4.69) is 9.88 Å². The number of aliphatic hydroxyl groups excluding tert-OH is 1. The van der Waals surface area contributed by atoms with Gasteiger partial charge < -0.3 is 9.67 Å². The predicted octanol–water partition coefficient (Wildman–Crippen LogP) is 1.83. The van der Waals surface area contributed by atoms with Gasteiger partial charge >= 0.3 is 0 Å². The highest BCUT2D eigenvalue weighted by Gasteiger charge is 2.31. The highest BCUT2D eigenvalue weighted by Crippen LogP contribution is 2.32. The average Bonchev–Trinajstić information content (AvgIpc) is 3.05. The zero-order valence-corrected chi connectivity index (χ0v) is 11.2. The van der Waals surface area contributed by atoms with Crippen LogP contribution in [0.5, 0.6) is 0 Å². The smallest absolute Gasteiger partial charge is 0.123 e. The molecule has 1 fully saturated rings. The molecule has 1 N–H and O–H groups in total. The molecule has 0 spiro atoms. The molecule has 2 aromatic rings. The highest BCUT2D eigenvalue weighted by molar-refractivity contribution is 5.21. The fourth-order valence-corrected chi connectivity index (χ4v) is 2.85. The number of hydrogen-bond donors (Lipinski definition) is 1. The molecule has 5 heteroatoms. The minimum absolute atomic E-state index is 0.0872. The molecule has 106 valence electrons. The number of likely N-dealkylation sites (tertiary alicyclic amines) is 1. The number of halogens is 1. The summed E-state index contributed by atoms with van der Waals surface area (Å²) in [7, 11) is 0. The van der Waals surface area contributed by atoms with Crippen LogP contribution in [0.3, 0.4) is 0 Å². The van der Waals surface area contributed by atoms with Crippen LogP contribution in [-0.2, 0) is 6.54 Å². The third-order valence-electron chi connectivity index (χ3n) is 3.82. The minimum atomic E-state index is -0.342. The zero-order chi connectivity index (χ0) is 13.9. The van der Waals surface area contributed by atoms with Gasteiger partial charge in [-0.05, 0) is 24.1 Å². The molecule has 0 amide bonds. The molecule has 2 heterocycles. The van der Waals surface area contributed by atoms with Gasteiger partial charge in [0.2, 0.25) is 0 Å². The van der Waals surface area contributed by atoms with Gasteiger partial charge in [-0.25, -0.2) is 9.37 Å². The molecule has 4 nitrogen and oxygen atoms in total. The van der Waals surface area contributed by atoms with Crippen molar-refractivity contribution in [2.45, 2.75) is 25.1 Å². The molecular formula is C15H18FN3O. The van der Waals surface area contributed by atoms with E-state index in [0.29, 0.717) is 13.0 Å². The predicted molar refractivity (Wildman–Crippen MR) is 73.6 cm³/mol. The summed E-state index contributed by atoms with van der Waals surface area (Å²) < 4.78 is 15.4. The fourth-order valence-electron chi connectivity index (χ4n) is 2.85. The Morgan fingerprint density at radius 3 is 3.00 bits per heavy atom. The van der Waals surface area contributed by atoms with Crippen LogP contribution in [0.15, 0.2) is 43.0 Å². The van der Waals surface area contributed by atoms with Crippen LogP contribution in [0.4, 0.5) is 4.39 Å². The van der Waals surface area contributed by atoms with Crippen molar-refractivity contribution in [1.82, 2.24) is 14.5 Å². The summed E-state index contributed by atoms with van der Waals surface area (Å²) in [5, 5.41) is 9.90. The molecule has 1 aliphatic heterocycles. The van der Waals surface area contributed by atoms with Gasteiger partial charge in [-0.1, -0.05) is 12.1 Å². The second kappa shape index (κ2) is 5.73. The first-order chi connectivity index (χ1) is 9.72. The number of imidazole rings is 1. The van der Waals surface area contributed by atoms with Gasteiger partial charge in [0, 0.05) is 38.1 Å². The Bertz CT molecular complexity index is 558. The van der Waals surface area contributed by atoms with Crippen LogP contribution in [-0.4, -0.2) is 38.8 Å². The largest absolute Gasteiger partial charge is 0.392 e. The summed E-state index contributed by atoms with van der Waals surface area (Å²) in [6, 6.07) is 6.75. The van der Waals surface area contributed by atoms with Gasteiger partial charge in [0.15, 0.2) is 0 Å². The van der Waals surface area contributed by atoms with E-state index >= 15 is 0 Å². The van der Waals surface area contributed by atoms with Crippen molar-refractivity contribution in [3.63, 3.8) is 0 Å². The van der Waals surface area contributed by atoms with Gasteiger partial charge in [-0.2, -0.15) is 0 Å². The Balaban J connectivity index is 1.71. The van der Waals surface area contributed by atoms with Gasteiger partial charge in [0.1, 0.15) is 5.82 Å². The quantitative estimate of drug-likeness (QED) is 0.925. The Morgan fingerprint density at radius 2 is 2.25 bits per heavy atom. The highest BCUT2D eigenvalue weighted by atomic mass is 19.1. The molecule has 0 unspecified atom stereocenters. The summed E-state index contributed by atoms with van der Waals surface area (Å²) in [6.45, 7) is 2.27. The standard InChI is InChI=1S/C15H18FN3O/c16-13-3-1-2-12(8-13)15-9-14(20)10-19(15)7-6-18-5-4-17-11-18/h1-5,8,11,14-15,20H,6-7,9-10H2/t14-,15+/m0/s1. The lowest BCUT2D eigenvalue weighted by Crippen LogP contribution is -2.28. The molecule has 0 aliphatic carbocycles. The Kier molecular flexibility index (Phi) is 3.80. The van der Waals surface area contributed by atoms with Crippen molar-refractivity contribution in [1.29, 1.82) is 0 Å². The number of nitrogens with zero attached hydrogens (tertiary/aromatic N) is 3. The number of aliphatic hydroxyl groups is 1. The SMILES string of the molecule is O[C@H]1C[C@H](c2cccc(F)c2)N(CCn2ccnc2)C1. The van der Waals surface area contributed by atoms with Crippen LogP contribution < -0.4 is 0 Å². The molecule has 1 aromatic heterocycles. The van der Waals surface area contributed by atoms with Crippen LogP contribution >= 0.6 is 0 Å². The Hall–Kier alpha value is -1.72. The summed E-state index contributed by atoms with van der Waals surface area (Å²) >= 11 is 0. The molecule has 1 saturated heterocycles. The first-order valence-corrected chi connectivity index (χ1v) is 6.85. The van der Waals surface area contributed by atoms with Crippen molar-refractivity contribution >= 4 is 0 Å². The minimum Gasteiger partial charge on any atom is -0.392 e. The Labute approximate surface area is 117 Å². The van der Waals surface area contributed by atoms with Crippen molar-refractivity contribution < 1.29 is 9.50 Å². The number of benzene rings is 1. The maximum Gasteiger partial charge on any atom is 0.123 e. The van der Waals surface area contributed by atoms with E-state index in [9.17, 15) is 9.50 Å². The van der Waals surface area contributed by atoms with Gasteiger partial charge in [0.05, 0.1) is 12.4 Å². The summed E-state index contributed by atoms with van der Waals surface area (Å²) in [5.74, 6) is -0.224. The normalized spacial score (nSPS) is 23.3. The number of hydrogen-bond acceptors (Lipinski definition) is 3. The van der Waals surface area contributed by atoms with Crippen molar-refractivity contribution in [2.24, 2.45) is 0 Å². The number of β-amino-alcohol motifs (C(OH)–C–C–N with tert-alkyl or cyclic N) is 1. The Morgan fingerprint density at radius 1 is 1.35 bits per heavy atom. The topological polar surface area (TPSA) is 41.3 Å². The summed E-state index contributed by atoms with van der Waals surface area (Å²) in [5.41, 5.74) is 0.937. The molecule has 2 atom stereocenters. The molecule has 20 heavy (non-hydrogen) atoms. The van der Waals surface area contributed by atoms with E-state index in [0.717, 1.165) is 18.7 Å².